The monoisotopic (exact) mass is 309 g/mol. The summed E-state index contributed by atoms with van der Waals surface area (Å²) in [7, 11) is 0.800. The summed E-state index contributed by atoms with van der Waals surface area (Å²) in [4.78, 5) is 14.1. The fourth-order valence-corrected chi connectivity index (χ4v) is 3.73. The molecule has 0 N–H and O–H groups in total. The van der Waals surface area contributed by atoms with Crippen LogP contribution >= 0.6 is 0 Å². The topological polar surface area (TPSA) is 46.6 Å². The number of amides is 1. The van der Waals surface area contributed by atoms with Crippen molar-refractivity contribution in [3.63, 3.8) is 0 Å². The van der Waals surface area contributed by atoms with Gasteiger partial charge in [0.15, 0.2) is 0 Å². The van der Waals surface area contributed by atoms with Gasteiger partial charge >= 0.3 is 0 Å². The van der Waals surface area contributed by atoms with E-state index in [2.05, 4.69) is 0 Å². The first-order chi connectivity index (χ1) is 9.92. The standard InChI is InChI=1S/C16H23NO3S/c1-16(2)12-17(10-11-21(16)19)15(18)9-6-13-4-7-14(20-3)8-5-13/h4-5,7-8H,6,9-12H2,1-3H3. The highest BCUT2D eigenvalue weighted by molar-refractivity contribution is 7.86. The van der Waals surface area contributed by atoms with Gasteiger partial charge in [-0.05, 0) is 38.0 Å². The van der Waals surface area contributed by atoms with E-state index < -0.39 is 10.8 Å². The van der Waals surface area contributed by atoms with Crippen LogP contribution in [0.15, 0.2) is 24.3 Å². The molecule has 1 unspecified atom stereocenters. The van der Waals surface area contributed by atoms with Crippen molar-refractivity contribution >= 4 is 16.7 Å². The second-order valence-electron chi connectivity index (χ2n) is 5.97. The molecule has 0 saturated carbocycles. The molecular weight excluding hydrogens is 286 g/mol. The highest BCUT2D eigenvalue weighted by atomic mass is 32.2. The van der Waals surface area contributed by atoms with Gasteiger partial charge in [0.2, 0.25) is 5.91 Å². The van der Waals surface area contributed by atoms with Crippen LogP contribution in [0.3, 0.4) is 0 Å². The molecule has 1 aliphatic heterocycles. The molecule has 5 heteroatoms. The Morgan fingerprint density at radius 3 is 2.57 bits per heavy atom. The Bertz CT molecular complexity index is 525. The van der Waals surface area contributed by atoms with Crippen molar-refractivity contribution in [3.8, 4) is 5.75 Å². The predicted octanol–water partition coefficient (Wildman–Crippen LogP) is 2.00. The van der Waals surface area contributed by atoms with E-state index in [1.54, 1.807) is 7.11 Å². The SMILES string of the molecule is COc1ccc(CCC(=O)N2CCS(=O)C(C)(C)C2)cc1. The molecule has 0 aliphatic carbocycles. The van der Waals surface area contributed by atoms with Crippen LogP contribution in [-0.4, -0.2) is 45.7 Å². The summed E-state index contributed by atoms with van der Waals surface area (Å²) in [5.41, 5.74) is 1.13. The van der Waals surface area contributed by atoms with Gasteiger partial charge in [0.25, 0.3) is 0 Å². The van der Waals surface area contributed by atoms with Crippen molar-refractivity contribution in [2.75, 3.05) is 26.0 Å². The number of benzene rings is 1. The van der Waals surface area contributed by atoms with Gasteiger partial charge < -0.3 is 9.64 Å². The molecular formula is C16H23NO3S. The Labute approximate surface area is 128 Å². The maximum atomic E-state index is 12.3. The van der Waals surface area contributed by atoms with E-state index in [0.717, 1.165) is 17.7 Å². The Morgan fingerprint density at radius 2 is 2.00 bits per heavy atom. The number of carbonyl (C=O) groups is 1. The molecule has 2 rings (SSSR count). The van der Waals surface area contributed by atoms with Crippen molar-refractivity contribution in [1.82, 2.24) is 4.90 Å². The summed E-state index contributed by atoms with van der Waals surface area (Å²) in [6.07, 6.45) is 1.22. The Kier molecular flexibility index (Phi) is 5.04. The number of hydrogen-bond acceptors (Lipinski definition) is 3. The van der Waals surface area contributed by atoms with E-state index in [4.69, 9.17) is 4.74 Å². The van der Waals surface area contributed by atoms with Crippen LogP contribution in [0.25, 0.3) is 0 Å². The lowest BCUT2D eigenvalue weighted by atomic mass is 10.1. The third-order valence-corrected chi connectivity index (χ3v) is 5.79. The maximum absolute atomic E-state index is 12.3. The predicted molar refractivity (Wildman–Crippen MR) is 85.0 cm³/mol. The largest absolute Gasteiger partial charge is 0.497 e. The number of methoxy groups -OCH3 is 1. The minimum Gasteiger partial charge on any atom is -0.497 e. The summed E-state index contributed by atoms with van der Waals surface area (Å²) >= 11 is 0. The van der Waals surface area contributed by atoms with Crippen LogP contribution in [0.5, 0.6) is 5.75 Å². The van der Waals surface area contributed by atoms with Crippen molar-refractivity contribution in [2.24, 2.45) is 0 Å². The van der Waals surface area contributed by atoms with Gasteiger partial charge in [0.1, 0.15) is 5.75 Å². The van der Waals surface area contributed by atoms with Gasteiger partial charge in [-0.1, -0.05) is 12.1 Å². The van der Waals surface area contributed by atoms with Crippen LogP contribution in [0.2, 0.25) is 0 Å². The molecule has 116 valence electrons. The summed E-state index contributed by atoms with van der Waals surface area (Å²) in [5.74, 6) is 1.56. The molecule has 1 aromatic rings. The molecule has 0 spiro atoms. The molecule has 1 heterocycles. The van der Waals surface area contributed by atoms with Crippen molar-refractivity contribution in [1.29, 1.82) is 0 Å². The lowest BCUT2D eigenvalue weighted by Gasteiger charge is -2.37. The van der Waals surface area contributed by atoms with Gasteiger partial charge in [0.05, 0.1) is 11.9 Å². The van der Waals surface area contributed by atoms with Crippen molar-refractivity contribution < 1.29 is 13.7 Å². The van der Waals surface area contributed by atoms with E-state index in [1.165, 1.54) is 0 Å². The number of ether oxygens (including phenoxy) is 1. The van der Waals surface area contributed by atoms with E-state index in [9.17, 15) is 9.00 Å². The van der Waals surface area contributed by atoms with Gasteiger partial charge in [-0.3, -0.25) is 9.00 Å². The third kappa shape index (κ3) is 4.06. The van der Waals surface area contributed by atoms with Crippen molar-refractivity contribution in [2.45, 2.75) is 31.4 Å². The summed E-state index contributed by atoms with van der Waals surface area (Å²) in [6, 6.07) is 7.79. The molecule has 21 heavy (non-hydrogen) atoms. The number of aryl methyl sites for hydroxylation is 1. The van der Waals surface area contributed by atoms with Crippen LogP contribution < -0.4 is 4.74 Å². The molecule has 1 aliphatic rings. The average Bonchev–Trinajstić information content (AvgIpc) is 2.48. The van der Waals surface area contributed by atoms with E-state index in [1.807, 2.05) is 43.0 Å². The minimum atomic E-state index is -0.839. The molecule has 1 aromatic carbocycles. The fraction of sp³-hybridized carbons (Fsp3) is 0.562. The quantitative estimate of drug-likeness (QED) is 0.854. The zero-order valence-corrected chi connectivity index (χ0v) is 13.7. The first-order valence-corrected chi connectivity index (χ1v) is 8.53. The highest BCUT2D eigenvalue weighted by Gasteiger charge is 2.34. The molecule has 4 nitrogen and oxygen atoms in total. The molecule has 0 aromatic heterocycles. The van der Waals surface area contributed by atoms with E-state index in [0.29, 0.717) is 25.3 Å². The minimum absolute atomic E-state index is 0.149. The lowest BCUT2D eigenvalue weighted by molar-refractivity contribution is -0.131. The second-order valence-corrected chi connectivity index (χ2v) is 8.18. The molecule has 0 bridgehead atoms. The first kappa shape index (κ1) is 16.0. The van der Waals surface area contributed by atoms with Crippen molar-refractivity contribution in [3.05, 3.63) is 29.8 Å². The maximum Gasteiger partial charge on any atom is 0.222 e. The summed E-state index contributed by atoms with van der Waals surface area (Å²) in [5, 5.41) is 0. The average molecular weight is 309 g/mol. The lowest BCUT2D eigenvalue weighted by Crippen LogP contribution is -2.52. The zero-order valence-electron chi connectivity index (χ0n) is 12.9. The van der Waals surface area contributed by atoms with Crippen LogP contribution in [0.1, 0.15) is 25.8 Å². The fourth-order valence-electron chi connectivity index (χ4n) is 2.49. The van der Waals surface area contributed by atoms with Gasteiger partial charge in [-0.25, -0.2) is 0 Å². The Morgan fingerprint density at radius 1 is 1.33 bits per heavy atom. The highest BCUT2D eigenvalue weighted by Crippen LogP contribution is 2.21. The van der Waals surface area contributed by atoms with Gasteiger partial charge in [-0.15, -0.1) is 0 Å². The normalized spacial score (nSPS) is 21.1. The Balaban J connectivity index is 1.88. The van der Waals surface area contributed by atoms with Gasteiger partial charge in [0, 0.05) is 36.1 Å². The third-order valence-electron chi connectivity index (χ3n) is 3.87. The molecule has 1 atom stereocenters. The first-order valence-electron chi connectivity index (χ1n) is 7.21. The van der Waals surface area contributed by atoms with E-state index in [-0.39, 0.29) is 10.7 Å². The zero-order chi connectivity index (χ0) is 15.5. The molecule has 1 fully saturated rings. The smallest absolute Gasteiger partial charge is 0.222 e. The van der Waals surface area contributed by atoms with E-state index >= 15 is 0 Å². The summed E-state index contributed by atoms with van der Waals surface area (Å²) in [6.45, 7) is 5.12. The Hall–Kier alpha value is -1.36. The second kappa shape index (κ2) is 6.60. The number of carbonyl (C=O) groups excluding carboxylic acids is 1. The van der Waals surface area contributed by atoms with Gasteiger partial charge in [-0.2, -0.15) is 0 Å². The summed E-state index contributed by atoms with van der Waals surface area (Å²) < 4.78 is 16.7. The van der Waals surface area contributed by atoms with Crippen LogP contribution in [-0.2, 0) is 22.0 Å². The molecule has 1 saturated heterocycles. The number of hydrogen-bond donors (Lipinski definition) is 0. The van der Waals surface area contributed by atoms with Crippen LogP contribution in [0.4, 0.5) is 0 Å². The molecule has 0 radical (unpaired) electrons. The van der Waals surface area contributed by atoms with Crippen LogP contribution in [0, 0.1) is 0 Å². The number of rotatable bonds is 4. The number of nitrogens with zero attached hydrogens (tertiary/aromatic N) is 1. The molecule has 1 amide bonds.